The molecule has 0 bridgehead atoms. The Balaban J connectivity index is 2.03. The summed E-state index contributed by atoms with van der Waals surface area (Å²) in [6.45, 7) is 4.35. The summed E-state index contributed by atoms with van der Waals surface area (Å²) in [7, 11) is 3.79. The molecular formula is C14H20N4O. The number of amides is 1. The summed E-state index contributed by atoms with van der Waals surface area (Å²) < 4.78 is 0. The molecule has 0 saturated heterocycles. The topological polar surface area (TPSA) is 61.0 Å². The molecule has 2 aromatic rings. The Morgan fingerprint density at radius 2 is 2.21 bits per heavy atom. The fraction of sp³-hybridized carbons (Fsp3) is 0.429. The minimum atomic E-state index is -0.127. The van der Waals surface area contributed by atoms with Crippen molar-refractivity contribution in [2.75, 3.05) is 14.1 Å². The third kappa shape index (κ3) is 3.12. The molecule has 0 radical (unpaired) electrons. The third-order valence-electron chi connectivity index (χ3n) is 3.29. The van der Waals surface area contributed by atoms with Crippen LogP contribution in [0, 0.1) is 6.92 Å². The molecule has 1 atom stereocenters. The second-order valence-corrected chi connectivity index (χ2v) is 5.03. The van der Waals surface area contributed by atoms with Crippen molar-refractivity contribution < 1.29 is 4.79 Å². The fourth-order valence-electron chi connectivity index (χ4n) is 1.87. The predicted molar refractivity (Wildman–Crippen MR) is 75.8 cm³/mol. The highest BCUT2D eigenvalue weighted by Crippen LogP contribution is 2.13. The molecule has 0 spiro atoms. The molecule has 102 valence electrons. The zero-order valence-corrected chi connectivity index (χ0v) is 11.8. The Labute approximate surface area is 113 Å². The molecule has 1 heterocycles. The van der Waals surface area contributed by atoms with E-state index in [9.17, 15) is 4.79 Å². The normalized spacial score (nSPS) is 12.9. The summed E-state index contributed by atoms with van der Waals surface area (Å²) in [5.74, 6) is 0.934. The van der Waals surface area contributed by atoms with Crippen LogP contribution < -0.4 is 5.32 Å². The Morgan fingerprint density at radius 3 is 2.89 bits per heavy atom. The quantitative estimate of drug-likeness (QED) is 0.874. The standard InChI is InChI=1S/C14H20N4O/c1-9(18(3)4)14(19)15-8-11-5-6-12-13(7-11)17-10(2)16-12/h5-7,9H,8H2,1-4H3,(H,15,19)(H,16,17). The van der Waals surface area contributed by atoms with Gasteiger partial charge >= 0.3 is 0 Å². The minimum Gasteiger partial charge on any atom is -0.351 e. The van der Waals surface area contributed by atoms with Gasteiger partial charge < -0.3 is 10.3 Å². The van der Waals surface area contributed by atoms with Crippen LogP contribution >= 0.6 is 0 Å². The maximum atomic E-state index is 11.9. The molecule has 0 fully saturated rings. The van der Waals surface area contributed by atoms with Crippen LogP contribution in [0.4, 0.5) is 0 Å². The summed E-state index contributed by atoms with van der Waals surface area (Å²) >= 11 is 0. The Kier molecular flexibility index (Phi) is 3.85. The van der Waals surface area contributed by atoms with Crippen LogP contribution in [-0.2, 0) is 11.3 Å². The number of hydrogen-bond acceptors (Lipinski definition) is 3. The van der Waals surface area contributed by atoms with Crippen LogP contribution in [0.25, 0.3) is 11.0 Å². The van der Waals surface area contributed by atoms with Crippen molar-refractivity contribution in [1.29, 1.82) is 0 Å². The smallest absolute Gasteiger partial charge is 0.237 e. The molecule has 0 saturated carbocycles. The number of likely N-dealkylation sites (N-methyl/N-ethyl adjacent to an activating group) is 1. The fourth-order valence-corrected chi connectivity index (χ4v) is 1.87. The summed E-state index contributed by atoms with van der Waals surface area (Å²) in [5.41, 5.74) is 3.02. The average Bonchev–Trinajstić information content (AvgIpc) is 2.74. The number of nitrogens with zero attached hydrogens (tertiary/aromatic N) is 2. The summed E-state index contributed by atoms with van der Waals surface area (Å²) in [6, 6.07) is 5.85. The van der Waals surface area contributed by atoms with Crippen LogP contribution in [0.15, 0.2) is 18.2 Å². The summed E-state index contributed by atoms with van der Waals surface area (Å²) in [5, 5.41) is 2.94. The molecule has 1 aromatic carbocycles. The number of imidazole rings is 1. The highest BCUT2D eigenvalue weighted by atomic mass is 16.2. The van der Waals surface area contributed by atoms with E-state index in [1.807, 2.05) is 51.0 Å². The van der Waals surface area contributed by atoms with Crippen molar-refractivity contribution in [3.8, 4) is 0 Å². The van der Waals surface area contributed by atoms with Crippen LogP contribution in [0.5, 0.6) is 0 Å². The van der Waals surface area contributed by atoms with E-state index in [1.54, 1.807) is 0 Å². The lowest BCUT2D eigenvalue weighted by atomic mass is 10.2. The van der Waals surface area contributed by atoms with Crippen molar-refractivity contribution in [2.24, 2.45) is 0 Å². The van der Waals surface area contributed by atoms with E-state index in [1.165, 1.54) is 0 Å². The van der Waals surface area contributed by atoms with Gasteiger partial charge in [0.05, 0.1) is 17.1 Å². The van der Waals surface area contributed by atoms with Crippen molar-refractivity contribution in [3.05, 3.63) is 29.6 Å². The van der Waals surface area contributed by atoms with E-state index < -0.39 is 0 Å². The monoisotopic (exact) mass is 260 g/mol. The maximum absolute atomic E-state index is 11.9. The Bertz CT molecular complexity index is 588. The first-order valence-electron chi connectivity index (χ1n) is 6.37. The second kappa shape index (κ2) is 5.40. The van der Waals surface area contributed by atoms with Crippen LogP contribution in [0.2, 0.25) is 0 Å². The zero-order chi connectivity index (χ0) is 14.0. The van der Waals surface area contributed by atoms with Gasteiger partial charge in [-0.3, -0.25) is 9.69 Å². The highest BCUT2D eigenvalue weighted by molar-refractivity contribution is 5.81. The number of benzene rings is 1. The van der Waals surface area contributed by atoms with Gasteiger partial charge in [0.15, 0.2) is 0 Å². The van der Waals surface area contributed by atoms with Gasteiger partial charge in [-0.25, -0.2) is 4.98 Å². The van der Waals surface area contributed by atoms with Crippen molar-refractivity contribution >= 4 is 16.9 Å². The number of fused-ring (bicyclic) bond motifs is 1. The van der Waals surface area contributed by atoms with E-state index >= 15 is 0 Å². The first-order chi connectivity index (χ1) is 8.97. The average molecular weight is 260 g/mol. The number of carbonyl (C=O) groups is 1. The van der Waals surface area contributed by atoms with E-state index in [0.717, 1.165) is 22.4 Å². The van der Waals surface area contributed by atoms with Crippen molar-refractivity contribution in [2.45, 2.75) is 26.4 Å². The SMILES string of the molecule is Cc1nc2ccc(CNC(=O)C(C)N(C)C)cc2[nH]1. The number of aromatic nitrogens is 2. The van der Waals surface area contributed by atoms with Gasteiger partial charge in [-0.2, -0.15) is 0 Å². The zero-order valence-electron chi connectivity index (χ0n) is 11.8. The van der Waals surface area contributed by atoms with Gasteiger partial charge in [0.25, 0.3) is 0 Å². The van der Waals surface area contributed by atoms with Gasteiger partial charge in [-0.05, 0) is 45.6 Å². The molecule has 2 N–H and O–H groups in total. The van der Waals surface area contributed by atoms with E-state index in [0.29, 0.717) is 6.54 Å². The molecule has 1 unspecified atom stereocenters. The second-order valence-electron chi connectivity index (χ2n) is 5.03. The van der Waals surface area contributed by atoms with Gasteiger partial charge in [0.2, 0.25) is 5.91 Å². The lowest BCUT2D eigenvalue weighted by Crippen LogP contribution is -2.41. The molecule has 0 aliphatic carbocycles. The molecule has 5 heteroatoms. The first kappa shape index (κ1) is 13.5. The number of aromatic amines is 1. The number of H-pyrrole nitrogens is 1. The number of hydrogen-bond donors (Lipinski definition) is 2. The minimum absolute atomic E-state index is 0.0332. The number of nitrogens with one attached hydrogen (secondary N) is 2. The lowest BCUT2D eigenvalue weighted by molar-refractivity contribution is -0.125. The first-order valence-corrected chi connectivity index (χ1v) is 6.37. The summed E-state index contributed by atoms with van der Waals surface area (Å²) in [4.78, 5) is 21.3. The van der Waals surface area contributed by atoms with Gasteiger partial charge in [0, 0.05) is 6.54 Å². The van der Waals surface area contributed by atoms with E-state index in [2.05, 4.69) is 15.3 Å². The van der Waals surface area contributed by atoms with Crippen LogP contribution in [0.1, 0.15) is 18.3 Å². The Hall–Kier alpha value is -1.88. The van der Waals surface area contributed by atoms with Crippen LogP contribution in [0.3, 0.4) is 0 Å². The maximum Gasteiger partial charge on any atom is 0.237 e. The molecule has 1 amide bonds. The molecule has 2 rings (SSSR count). The predicted octanol–water partition coefficient (Wildman–Crippen LogP) is 1.44. The number of rotatable bonds is 4. The van der Waals surface area contributed by atoms with Crippen molar-refractivity contribution in [1.82, 2.24) is 20.2 Å². The Morgan fingerprint density at radius 1 is 1.47 bits per heavy atom. The van der Waals surface area contributed by atoms with E-state index in [-0.39, 0.29) is 11.9 Å². The molecule has 0 aliphatic rings. The molecule has 1 aromatic heterocycles. The lowest BCUT2D eigenvalue weighted by Gasteiger charge is -2.18. The van der Waals surface area contributed by atoms with Gasteiger partial charge in [-0.1, -0.05) is 6.07 Å². The molecule has 19 heavy (non-hydrogen) atoms. The molecule has 5 nitrogen and oxygen atoms in total. The highest BCUT2D eigenvalue weighted by Gasteiger charge is 2.14. The summed E-state index contributed by atoms with van der Waals surface area (Å²) in [6.07, 6.45) is 0. The van der Waals surface area contributed by atoms with E-state index in [4.69, 9.17) is 0 Å². The molecule has 0 aliphatic heterocycles. The van der Waals surface area contributed by atoms with Gasteiger partial charge in [0.1, 0.15) is 5.82 Å². The third-order valence-corrected chi connectivity index (χ3v) is 3.29. The largest absolute Gasteiger partial charge is 0.351 e. The van der Waals surface area contributed by atoms with Crippen LogP contribution in [-0.4, -0.2) is 40.9 Å². The van der Waals surface area contributed by atoms with Gasteiger partial charge in [-0.15, -0.1) is 0 Å². The van der Waals surface area contributed by atoms with Crippen molar-refractivity contribution in [3.63, 3.8) is 0 Å². The number of aryl methyl sites for hydroxylation is 1. The number of carbonyl (C=O) groups excluding carboxylic acids is 1. The molecular weight excluding hydrogens is 240 g/mol.